The molecule has 0 saturated carbocycles. The molecule has 1 aliphatic rings. The maximum atomic E-state index is 5.79. The van der Waals surface area contributed by atoms with Crippen molar-refractivity contribution in [2.75, 3.05) is 19.7 Å². The first kappa shape index (κ1) is 20.8. The molecule has 0 aliphatic carbocycles. The lowest BCUT2D eigenvalue weighted by molar-refractivity contribution is 0.0194. The predicted octanol–water partition coefficient (Wildman–Crippen LogP) is 3.74. The molecule has 2 N–H and O–H groups in total. The Morgan fingerprint density at radius 3 is 2.69 bits per heavy atom. The van der Waals surface area contributed by atoms with Gasteiger partial charge in [0.15, 0.2) is 5.96 Å². The third kappa shape index (κ3) is 7.37. The lowest BCUT2D eigenvalue weighted by atomic mass is 10.1. The molecule has 0 radical (unpaired) electrons. The van der Waals surface area contributed by atoms with Gasteiger partial charge in [0.05, 0.1) is 18.9 Å². The molecule has 0 bridgehead atoms. The molecule has 6 heteroatoms. The van der Waals surface area contributed by atoms with Crippen molar-refractivity contribution in [3.05, 3.63) is 60.1 Å². The summed E-state index contributed by atoms with van der Waals surface area (Å²) in [5.41, 5.74) is 1.20. The van der Waals surface area contributed by atoms with E-state index in [1.807, 2.05) is 30.3 Å². The van der Waals surface area contributed by atoms with E-state index in [0.29, 0.717) is 6.54 Å². The average molecular weight is 469 g/mol. The van der Waals surface area contributed by atoms with Crippen molar-refractivity contribution in [2.24, 2.45) is 4.99 Å². The summed E-state index contributed by atoms with van der Waals surface area (Å²) in [5, 5.41) is 6.81. The van der Waals surface area contributed by atoms with Crippen LogP contribution >= 0.6 is 24.0 Å². The number of benzene rings is 1. The van der Waals surface area contributed by atoms with Gasteiger partial charge in [0, 0.05) is 26.1 Å². The smallest absolute Gasteiger partial charge is 0.191 e. The molecule has 3 rings (SSSR count). The van der Waals surface area contributed by atoms with E-state index in [2.05, 4.69) is 22.8 Å². The second-order valence-electron chi connectivity index (χ2n) is 6.28. The third-order valence-electron chi connectivity index (χ3n) is 4.28. The Morgan fingerprint density at radius 1 is 1.08 bits per heavy atom. The van der Waals surface area contributed by atoms with Crippen molar-refractivity contribution in [3.8, 4) is 0 Å². The van der Waals surface area contributed by atoms with Gasteiger partial charge in [0.25, 0.3) is 0 Å². The van der Waals surface area contributed by atoms with Crippen molar-refractivity contribution in [1.29, 1.82) is 0 Å². The average Bonchev–Trinajstić information content (AvgIpc) is 3.19. The Balaban J connectivity index is 0.00000243. The van der Waals surface area contributed by atoms with E-state index in [1.165, 1.54) is 18.4 Å². The zero-order chi connectivity index (χ0) is 17.2. The van der Waals surface area contributed by atoms with Crippen LogP contribution in [0.4, 0.5) is 0 Å². The summed E-state index contributed by atoms with van der Waals surface area (Å²) in [7, 11) is 0. The summed E-state index contributed by atoms with van der Waals surface area (Å²) < 4.78 is 11.2. The Bertz CT molecular complexity index is 626. The lowest BCUT2D eigenvalue weighted by Crippen LogP contribution is -2.43. The number of hydrogen-bond donors (Lipinski definition) is 2. The van der Waals surface area contributed by atoms with Crippen LogP contribution in [-0.2, 0) is 17.7 Å². The molecule has 26 heavy (non-hydrogen) atoms. The Morgan fingerprint density at radius 2 is 1.96 bits per heavy atom. The van der Waals surface area contributed by atoms with Crippen LogP contribution in [0.5, 0.6) is 0 Å². The van der Waals surface area contributed by atoms with Crippen molar-refractivity contribution < 1.29 is 9.15 Å². The molecule has 5 nitrogen and oxygen atoms in total. The van der Waals surface area contributed by atoms with Gasteiger partial charge in [-0.05, 0) is 37.0 Å². The number of nitrogens with zero attached hydrogens (tertiary/aromatic N) is 1. The molecule has 1 saturated heterocycles. The molecule has 0 amide bonds. The Hall–Kier alpha value is -1.54. The van der Waals surface area contributed by atoms with Gasteiger partial charge in [-0.2, -0.15) is 0 Å². The van der Waals surface area contributed by atoms with Gasteiger partial charge < -0.3 is 19.8 Å². The molecule has 0 spiro atoms. The highest BCUT2D eigenvalue weighted by Gasteiger charge is 2.14. The summed E-state index contributed by atoms with van der Waals surface area (Å²) in [6, 6.07) is 14.2. The fourth-order valence-electron chi connectivity index (χ4n) is 2.87. The molecular weight excluding hydrogens is 441 g/mol. The van der Waals surface area contributed by atoms with Crippen LogP contribution in [0.3, 0.4) is 0 Å². The summed E-state index contributed by atoms with van der Waals surface area (Å²) in [6.45, 7) is 3.10. The minimum atomic E-state index is 0. The Kier molecular flexibility index (Phi) is 9.55. The normalized spacial score (nSPS) is 17.4. The first-order chi connectivity index (χ1) is 12.4. The molecule has 1 aliphatic heterocycles. The molecular formula is C20H28IN3O2. The van der Waals surface area contributed by atoms with Crippen LogP contribution in [0.1, 0.15) is 30.6 Å². The number of ether oxygens (including phenoxy) is 1. The van der Waals surface area contributed by atoms with Crippen LogP contribution in [0.2, 0.25) is 0 Å². The van der Waals surface area contributed by atoms with E-state index in [9.17, 15) is 0 Å². The SMILES string of the molecule is I.c1ccc(CN=C(NCCc2ccco2)NCC2CCCCO2)cc1. The summed E-state index contributed by atoms with van der Waals surface area (Å²) >= 11 is 0. The van der Waals surface area contributed by atoms with E-state index in [-0.39, 0.29) is 30.1 Å². The summed E-state index contributed by atoms with van der Waals surface area (Å²) in [4.78, 5) is 4.71. The number of guanidine groups is 1. The first-order valence-corrected chi connectivity index (χ1v) is 9.10. The monoisotopic (exact) mass is 469 g/mol. The van der Waals surface area contributed by atoms with Crippen LogP contribution in [0.15, 0.2) is 58.1 Å². The van der Waals surface area contributed by atoms with Crippen molar-refractivity contribution in [1.82, 2.24) is 10.6 Å². The van der Waals surface area contributed by atoms with Crippen LogP contribution in [-0.4, -0.2) is 31.8 Å². The van der Waals surface area contributed by atoms with Gasteiger partial charge >= 0.3 is 0 Å². The zero-order valence-corrected chi connectivity index (χ0v) is 17.4. The van der Waals surface area contributed by atoms with E-state index < -0.39 is 0 Å². The number of furan rings is 1. The van der Waals surface area contributed by atoms with Crippen molar-refractivity contribution >= 4 is 29.9 Å². The molecule has 2 aromatic rings. The van der Waals surface area contributed by atoms with Crippen LogP contribution in [0, 0.1) is 0 Å². The quantitative estimate of drug-likeness (QED) is 0.369. The van der Waals surface area contributed by atoms with Crippen LogP contribution < -0.4 is 10.6 Å². The van der Waals surface area contributed by atoms with Gasteiger partial charge in [0.2, 0.25) is 0 Å². The number of halogens is 1. The van der Waals surface area contributed by atoms with Gasteiger partial charge in [-0.3, -0.25) is 0 Å². The number of rotatable bonds is 7. The molecule has 142 valence electrons. The molecule has 1 atom stereocenters. The van der Waals surface area contributed by atoms with E-state index in [4.69, 9.17) is 14.1 Å². The maximum Gasteiger partial charge on any atom is 0.191 e. The maximum absolute atomic E-state index is 5.79. The highest BCUT2D eigenvalue weighted by molar-refractivity contribution is 14.0. The van der Waals surface area contributed by atoms with Crippen molar-refractivity contribution in [2.45, 2.75) is 38.3 Å². The summed E-state index contributed by atoms with van der Waals surface area (Å²) in [5.74, 6) is 1.80. The highest BCUT2D eigenvalue weighted by Crippen LogP contribution is 2.11. The van der Waals surface area contributed by atoms with Gasteiger partial charge in [0.1, 0.15) is 5.76 Å². The molecule has 2 heterocycles. The van der Waals surface area contributed by atoms with Gasteiger partial charge in [-0.25, -0.2) is 4.99 Å². The van der Waals surface area contributed by atoms with E-state index in [1.54, 1.807) is 6.26 Å². The number of hydrogen-bond acceptors (Lipinski definition) is 3. The highest BCUT2D eigenvalue weighted by atomic mass is 127. The zero-order valence-electron chi connectivity index (χ0n) is 15.0. The fourth-order valence-corrected chi connectivity index (χ4v) is 2.87. The van der Waals surface area contributed by atoms with E-state index >= 15 is 0 Å². The second-order valence-corrected chi connectivity index (χ2v) is 6.28. The topological polar surface area (TPSA) is 58.8 Å². The van der Waals surface area contributed by atoms with Crippen molar-refractivity contribution in [3.63, 3.8) is 0 Å². The standard InChI is InChI=1S/C20H27N3O2.HI/c1-2-7-17(8-3-1)15-22-20(21-12-11-18-10-6-14-24-18)23-16-19-9-4-5-13-25-19;/h1-3,6-8,10,14,19H,4-5,9,11-13,15-16H2,(H2,21,22,23);1H. The van der Waals surface area contributed by atoms with Crippen LogP contribution in [0.25, 0.3) is 0 Å². The predicted molar refractivity (Wildman–Crippen MR) is 115 cm³/mol. The number of aliphatic imine (C=N–C) groups is 1. The number of nitrogens with one attached hydrogen (secondary N) is 2. The minimum absolute atomic E-state index is 0. The third-order valence-corrected chi connectivity index (χ3v) is 4.28. The molecule has 1 unspecified atom stereocenters. The van der Waals surface area contributed by atoms with Gasteiger partial charge in [-0.15, -0.1) is 24.0 Å². The molecule has 1 aromatic carbocycles. The lowest BCUT2D eigenvalue weighted by Gasteiger charge is -2.23. The Labute approximate surface area is 172 Å². The molecule has 1 aromatic heterocycles. The first-order valence-electron chi connectivity index (χ1n) is 9.10. The largest absolute Gasteiger partial charge is 0.469 e. The van der Waals surface area contributed by atoms with Gasteiger partial charge in [-0.1, -0.05) is 30.3 Å². The minimum Gasteiger partial charge on any atom is -0.469 e. The molecule has 1 fully saturated rings. The fraction of sp³-hybridized carbons (Fsp3) is 0.450. The summed E-state index contributed by atoms with van der Waals surface area (Å²) in [6.07, 6.45) is 6.35. The second kappa shape index (κ2) is 12.0. The van der Waals surface area contributed by atoms with E-state index in [0.717, 1.165) is 44.3 Å².